The van der Waals surface area contributed by atoms with Crippen LogP contribution in [0.1, 0.15) is 0 Å². The number of hydrogen-bond donors (Lipinski definition) is 0. The van der Waals surface area contributed by atoms with Crippen LogP contribution in [-0.2, 0) is 0 Å². The molecule has 2 heteroatoms. The molecule has 0 nitrogen and oxygen atoms in total. The number of rotatable bonds is 4. The van der Waals surface area contributed by atoms with Gasteiger partial charge >= 0.3 is 0 Å². The predicted octanol–water partition coefficient (Wildman–Crippen LogP) is 2.48. The van der Waals surface area contributed by atoms with Gasteiger partial charge in [-0.15, -0.1) is 28.5 Å². The zero-order valence-corrected chi connectivity index (χ0v) is 7.68. The Hall–Kier alpha value is 0.177. The maximum atomic E-state index is 3.65. The van der Waals surface area contributed by atoms with Crippen molar-refractivity contribution in [3.8, 4) is 0 Å². The Morgan fingerprint density at radius 3 is 1.88 bits per heavy atom. The number of allylic oxidation sites excluding steroid dienone is 2. The molecule has 0 fully saturated rings. The second-order valence-electron chi connectivity index (χ2n) is 1.65. The van der Waals surface area contributed by atoms with Crippen LogP contribution in [0.25, 0.3) is 0 Å². The maximum Gasteiger partial charge on any atom is 0.122 e. The molecule has 0 amide bonds. The minimum absolute atomic E-state index is 0.626. The summed E-state index contributed by atoms with van der Waals surface area (Å²) in [4.78, 5) is 0. The Balaban J connectivity index is 3.16. The third-order valence-electron chi connectivity index (χ3n) is 0.845. The highest BCUT2D eigenvalue weighted by Crippen LogP contribution is 2.06. The van der Waals surface area contributed by atoms with Gasteiger partial charge in [-0.05, 0) is 12.1 Å². The summed E-state index contributed by atoms with van der Waals surface area (Å²) < 4.78 is 0. The molecule has 0 aliphatic heterocycles. The van der Waals surface area contributed by atoms with Crippen molar-refractivity contribution in [3.63, 3.8) is 0 Å². The van der Waals surface area contributed by atoms with Gasteiger partial charge in [-0.25, -0.2) is 0 Å². The van der Waals surface area contributed by atoms with Crippen molar-refractivity contribution in [2.24, 2.45) is 0 Å². The van der Waals surface area contributed by atoms with Crippen molar-refractivity contribution in [3.05, 3.63) is 25.3 Å². The lowest BCUT2D eigenvalue weighted by molar-refractivity contribution is 1.59. The first kappa shape index (κ1) is 8.18. The first-order valence-electron chi connectivity index (χ1n) is 2.67. The molecule has 0 atom stereocenters. The van der Waals surface area contributed by atoms with E-state index in [0.717, 1.165) is 12.1 Å². The van der Waals surface area contributed by atoms with Crippen molar-refractivity contribution in [2.75, 3.05) is 0 Å². The van der Waals surface area contributed by atoms with Gasteiger partial charge in [0.2, 0.25) is 0 Å². The van der Waals surface area contributed by atoms with Gasteiger partial charge in [0.05, 0.1) is 0 Å². The largest absolute Gasteiger partial charge is 0.130 e. The van der Waals surface area contributed by atoms with Crippen LogP contribution < -0.4 is 0 Å². The number of halogens is 1. The van der Waals surface area contributed by atoms with Crippen LogP contribution in [-0.4, -0.2) is 7.42 Å². The van der Waals surface area contributed by atoms with Gasteiger partial charge in [-0.1, -0.05) is 12.2 Å². The van der Waals surface area contributed by atoms with Crippen molar-refractivity contribution in [1.82, 2.24) is 0 Å². The van der Waals surface area contributed by atoms with Crippen molar-refractivity contribution >= 4 is 22.7 Å². The van der Waals surface area contributed by atoms with Crippen LogP contribution in [0.15, 0.2) is 25.3 Å². The fourth-order valence-corrected chi connectivity index (χ4v) is 2.96. The lowest BCUT2D eigenvalue weighted by atomic mass is 10.7. The zero-order chi connectivity index (χ0) is 6.41. The van der Waals surface area contributed by atoms with Gasteiger partial charge in [0, 0.05) is 0 Å². The molecule has 0 aliphatic carbocycles. The van der Waals surface area contributed by atoms with Crippen LogP contribution in [0.3, 0.4) is 0 Å². The van der Waals surface area contributed by atoms with Crippen molar-refractivity contribution in [1.29, 1.82) is 0 Å². The quantitative estimate of drug-likeness (QED) is 0.364. The normalized spacial score (nSPS) is 9.25. The number of hydrogen-bond acceptors (Lipinski definition) is 0. The van der Waals surface area contributed by atoms with Crippen LogP contribution in [0.5, 0.6) is 0 Å². The van der Waals surface area contributed by atoms with E-state index in [-0.39, 0.29) is 0 Å². The van der Waals surface area contributed by atoms with E-state index in [2.05, 4.69) is 28.5 Å². The molecule has 46 valence electrons. The molecule has 0 saturated carbocycles. The second kappa shape index (κ2) is 5.32. The minimum atomic E-state index is -0.626. The minimum Gasteiger partial charge on any atom is -0.130 e. The smallest absolute Gasteiger partial charge is 0.122 e. The summed E-state index contributed by atoms with van der Waals surface area (Å²) in [6, 6.07) is 2.32. The summed E-state index contributed by atoms with van der Waals surface area (Å²) in [5.41, 5.74) is 0. The molecule has 0 aliphatic rings. The predicted molar refractivity (Wildman–Crippen MR) is 46.1 cm³/mol. The van der Waals surface area contributed by atoms with Crippen molar-refractivity contribution in [2.45, 2.75) is 12.1 Å². The van der Waals surface area contributed by atoms with Gasteiger partial charge in [0.15, 0.2) is 0 Å². The summed E-state index contributed by atoms with van der Waals surface area (Å²) >= 11 is 3.59. The molecular formula is C6H11BrSi. The third-order valence-corrected chi connectivity index (χ3v) is 4.78. The van der Waals surface area contributed by atoms with Gasteiger partial charge in [0.25, 0.3) is 0 Å². The molecule has 0 bridgehead atoms. The fraction of sp³-hybridized carbons (Fsp3) is 0.333. The van der Waals surface area contributed by atoms with E-state index < -0.39 is 7.42 Å². The van der Waals surface area contributed by atoms with Crippen LogP contribution in [0.2, 0.25) is 12.1 Å². The van der Waals surface area contributed by atoms with E-state index in [1.165, 1.54) is 0 Å². The van der Waals surface area contributed by atoms with E-state index in [4.69, 9.17) is 0 Å². The van der Waals surface area contributed by atoms with E-state index in [1.807, 2.05) is 12.2 Å². The molecule has 0 aromatic rings. The highest BCUT2D eigenvalue weighted by Gasteiger charge is 1.97. The SMILES string of the molecule is C=CC[SiH](Br)CC=C. The first-order chi connectivity index (χ1) is 3.81. The summed E-state index contributed by atoms with van der Waals surface area (Å²) in [6.45, 7) is 7.31. The Kier molecular flexibility index (Phi) is 5.43. The highest BCUT2D eigenvalue weighted by molar-refractivity contribution is 9.24. The van der Waals surface area contributed by atoms with E-state index in [9.17, 15) is 0 Å². The molecule has 0 radical (unpaired) electrons. The average Bonchev–Trinajstić information content (AvgIpc) is 1.68. The molecule has 0 heterocycles. The lowest BCUT2D eigenvalue weighted by Crippen LogP contribution is -1.96. The van der Waals surface area contributed by atoms with Crippen LogP contribution in [0.4, 0.5) is 0 Å². The lowest BCUT2D eigenvalue weighted by Gasteiger charge is -1.96. The summed E-state index contributed by atoms with van der Waals surface area (Å²) in [5.74, 6) is 0. The standard InChI is InChI=1S/C6H11BrSi/c1-3-5-8(7)6-4-2/h3-4,8H,1-2,5-6H2. The van der Waals surface area contributed by atoms with E-state index in [0.29, 0.717) is 0 Å². The van der Waals surface area contributed by atoms with Gasteiger partial charge < -0.3 is 0 Å². The molecule has 0 aromatic heterocycles. The Labute approximate surface area is 60.5 Å². The van der Waals surface area contributed by atoms with E-state index in [1.54, 1.807) is 0 Å². The maximum absolute atomic E-state index is 3.65. The molecule has 0 saturated heterocycles. The van der Waals surface area contributed by atoms with Gasteiger partial charge in [-0.3, -0.25) is 0 Å². The Morgan fingerprint density at radius 2 is 1.62 bits per heavy atom. The summed E-state index contributed by atoms with van der Waals surface area (Å²) in [5, 5.41) is 0. The second-order valence-corrected chi connectivity index (χ2v) is 7.67. The van der Waals surface area contributed by atoms with E-state index >= 15 is 0 Å². The van der Waals surface area contributed by atoms with Crippen LogP contribution >= 0.6 is 15.3 Å². The van der Waals surface area contributed by atoms with Gasteiger partial charge in [0.1, 0.15) is 7.42 Å². The zero-order valence-electron chi connectivity index (χ0n) is 4.94. The highest BCUT2D eigenvalue weighted by atomic mass is 79.9. The van der Waals surface area contributed by atoms with Gasteiger partial charge in [-0.2, -0.15) is 0 Å². The Morgan fingerprint density at radius 1 is 1.25 bits per heavy atom. The molecule has 0 unspecified atom stereocenters. The average molecular weight is 191 g/mol. The topological polar surface area (TPSA) is 0 Å². The summed E-state index contributed by atoms with van der Waals surface area (Å²) in [6.07, 6.45) is 3.93. The summed E-state index contributed by atoms with van der Waals surface area (Å²) in [7, 11) is -0.626. The molecule has 0 N–H and O–H groups in total. The fourth-order valence-electron chi connectivity index (χ4n) is 0.458. The van der Waals surface area contributed by atoms with Crippen LogP contribution in [0, 0.1) is 0 Å². The van der Waals surface area contributed by atoms with Crippen molar-refractivity contribution < 1.29 is 0 Å². The molecular weight excluding hydrogens is 180 g/mol. The monoisotopic (exact) mass is 190 g/mol. The molecule has 8 heavy (non-hydrogen) atoms. The molecule has 0 rings (SSSR count). The first-order valence-corrected chi connectivity index (χ1v) is 7.48. The Bertz CT molecular complexity index is 70.6. The molecule has 0 spiro atoms. The third kappa shape index (κ3) is 4.34. The molecule has 0 aromatic carbocycles.